The number of morpholine rings is 1. The molecule has 0 radical (unpaired) electrons. The lowest BCUT2D eigenvalue weighted by Crippen LogP contribution is -2.39. The van der Waals surface area contributed by atoms with Gasteiger partial charge >= 0.3 is 11.9 Å². The van der Waals surface area contributed by atoms with Crippen molar-refractivity contribution in [2.75, 3.05) is 26.3 Å². The van der Waals surface area contributed by atoms with E-state index in [9.17, 15) is 9.59 Å². The molecule has 0 bridgehead atoms. The van der Waals surface area contributed by atoms with Gasteiger partial charge < -0.3 is 18.6 Å². The Hall–Kier alpha value is -2.64. The zero-order chi connectivity index (χ0) is 28.3. The van der Waals surface area contributed by atoms with E-state index in [-0.39, 0.29) is 30.0 Å². The largest absolute Gasteiger partial charge is 0.460 e. The molecule has 4 rings (SSSR count). The minimum atomic E-state index is -0.480. The van der Waals surface area contributed by atoms with Gasteiger partial charge in [-0.25, -0.2) is 4.79 Å². The van der Waals surface area contributed by atoms with Crippen molar-refractivity contribution in [1.29, 1.82) is 0 Å². The Labute approximate surface area is 233 Å². The van der Waals surface area contributed by atoms with Crippen LogP contribution in [0.25, 0.3) is 11.1 Å². The van der Waals surface area contributed by atoms with Crippen LogP contribution in [0.1, 0.15) is 107 Å². The molecule has 7 heteroatoms. The lowest BCUT2D eigenvalue weighted by molar-refractivity contribution is -0.160. The first kappa shape index (κ1) is 29.3. The Bertz CT molecular complexity index is 1210. The SMILES string of the molecule is Cc1c(C(=O)OC(C)C)cc2cc(/C3=C/CC(C(=O)OC(C)(C)C)CCCC3)cn2c1C(C)N1CCOCC1. The van der Waals surface area contributed by atoms with Gasteiger partial charge in [0.25, 0.3) is 0 Å². The lowest BCUT2D eigenvalue weighted by atomic mass is 9.90. The van der Waals surface area contributed by atoms with Crippen molar-refractivity contribution >= 4 is 23.0 Å². The summed E-state index contributed by atoms with van der Waals surface area (Å²) < 4.78 is 19.2. The molecule has 2 aromatic rings. The quantitative estimate of drug-likeness (QED) is 0.391. The Morgan fingerprint density at radius 3 is 2.46 bits per heavy atom. The van der Waals surface area contributed by atoms with Crippen LogP contribution in [-0.2, 0) is 19.0 Å². The number of rotatable bonds is 6. The van der Waals surface area contributed by atoms with Crippen LogP contribution in [0.5, 0.6) is 0 Å². The smallest absolute Gasteiger partial charge is 0.338 e. The van der Waals surface area contributed by atoms with Gasteiger partial charge in [0.15, 0.2) is 0 Å². The van der Waals surface area contributed by atoms with E-state index in [1.165, 1.54) is 5.57 Å². The number of nitrogens with zero attached hydrogens (tertiary/aromatic N) is 2. The molecule has 0 N–H and O–H groups in total. The average molecular weight is 539 g/mol. The Morgan fingerprint density at radius 2 is 1.79 bits per heavy atom. The summed E-state index contributed by atoms with van der Waals surface area (Å²) in [6, 6.07) is 4.25. The van der Waals surface area contributed by atoms with Gasteiger partial charge in [0.1, 0.15) is 5.60 Å². The normalized spacial score (nSPS) is 21.6. The maximum absolute atomic E-state index is 13.1. The second-order valence-corrected chi connectivity index (χ2v) is 12.3. The summed E-state index contributed by atoms with van der Waals surface area (Å²) in [7, 11) is 0. The van der Waals surface area contributed by atoms with E-state index in [0.29, 0.717) is 25.2 Å². The van der Waals surface area contributed by atoms with Gasteiger partial charge in [0.2, 0.25) is 0 Å². The number of esters is 2. The summed E-state index contributed by atoms with van der Waals surface area (Å²) in [4.78, 5) is 28.4. The van der Waals surface area contributed by atoms with Crippen LogP contribution in [0, 0.1) is 12.8 Å². The first-order valence-corrected chi connectivity index (χ1v) is 14.5. The second-order valence-electron chi connectivity index (χ2n) is 12.3. The number of aromatic nitrogens is 1. The van der Waals surface area contributed by atoms with Crippen LogP contribution in [-0.4, -0.2) is 59.2 Å². The van der Waals surface area contributed by atoms with Gasteiger partial charge in [-0.2, -0.15) is 0 Å². The van der Waals surface area contributed by atoms with Crippen molar-refractivity contribution in [1.82, 2.24) is 9.30 Å². The fraction of sp³-hybridized carbons (Fsp3) is 0.625. The molecular formula is C32H46N2O5. The summed E-state index contributed by atoms with van der Waals surface area (Å²) in [5.74, 6) is -0.505. The van der Waals surface area contributed by atoms with Gasteiger partial charge in [-0.15, -0.1) is 0 Å². The van der Waals surface area contributed by atoms with Crippen molar-refractivity contribution in [3.05, 3.63) is 46.8 Å². The van der Waals surface area contributed by atoms with Crippen LogP contribution in [0.3, 0.4) is 0 Å². The molecule has 2 aliphatic rings. The van der Waals surface area contributed by atoms with Crippen LogP contribution in [0.15, 0.2) is 24.4 Å². The highest BCUT2D eigenvalue weighted by Gasteiger charge is 2.28. The fourth-order valence-electron chi connectivity index (χ4n) is 5.76. The summed E-state index contributed by atoms with van der Waals surface area (Å²) in [6.07, 6.45) is 8.78. The van der Waals surface area contributed by atoms with E-state index >= 15 is 0 Å². The third kappa shape index (κ3) is 7.12. The minimum Gasteiger partial charge on any atom is -0.460 e. The van der Waals surface area contributed by atoms with Crippen molar-refractivity contribution in [3.8, 4) is 0 Å². The molecule has 1 fully saturated rings. The molecule has 214 valence electrons. The van der Waals surface area contributed by atoms with E-state index in [1.54, 1.807) is 0 Å². The number of carbonyl (C=O) groups excluding carboxylic acids is 2. The molecule has 2 aromatic heterocycles. The van der Waals surface area contributed by atoms with E-state index in [4.69, 9.17) is 14.2 Å². The highest BCUT2D eigenvalue weighted by Crippen LogP contribution is 2.34. The van der Waals surface area contributed by atoms with Crippen molar-refractivity contribution in [3.63, 3.8) is 0 Å². The molecule has 1 saturated heterocycles. The fourth-order valence-corrected chi connectivity index (χ4v) is 5.76. The second kappa shape index (κ2) is 12.3. The Balaban J connectivity index is 1.74. The van der Waals surface area contributed by atoms with Crippen LogP contribution < -0.4 is 0 Å². The third-order valence-electron chi connectivity index (χ3n) is 7.75. The molecule has 0 spiro atoms. The predicted molar refractivity (Wildman–Crippen MR) is 154 cm³/mol. The maximum atomic E-state index is 13.1. The van der Waals surface area contributed by atoms with Crippen LogP contribution >= 0.6 is 0 Å². The van der Waals surface area contributed by atoms with Crippen LogP contribution in [0.4, 0.5) is 0 Å². The van der Waals surface area contributed by atoms with Gasteiger partial charge in [-0.05, 0) is 103 Å². The van der Waals surface area contributed by atoms with Crippen molar-refractivity contribution < 1.29 is 23.8 Å². The summed E-state index contributed by atoms with van der Waals surface area (Å²) in [5.41, 5.74) is 5.57. The summed E-state index contributed by atoms with van der Waals surface area (Å²) in [6.45, 7) is 16.9. The van der Waals surface area contributed by atoms with E-state index < -0.39 is 5.60 Å². The standard InChI is InChI=1S/C32H46N2O5/c1-21(2)38-31(36)28-19-27-18-26(20-34(27)29(22(28)3)23(4)33-14-16-37-17-15-33)24-10-8-9-11-25(13-12-24)30(35)39-32(5,6)7/h12,18-21,23,25H,8-11,13-17H2,1-7H3/b24-12+. The number of hydrogen-bond donors (Lipinski definition) is 0. The average Bonchev–Trinajstić information content (AvgIpc) is 3.25. The summed E-state index contributed by atoms with van der Waals surface area (Å²) >= 11 is 0. The highest BCUT2D eigenvalue weighted by atomic mass is 16.6. The number of pyridine rings is 1. The van der Waals surface area contributed by atoms with Gasteiger partial charge in [-0.1, -0.05) is 12.5 Å². The van der Waals surface area contributed by atoms with E-state index in [1.807, 2.05) is 47.6 Å². The Morgan fingerprint density at radius 1 is 1.08 bits per heavy atom. The molecule has 0 aromatic carbocycles. The van der Waals surface area contributed by atoms with Crippen LogP contribution in [0.2, 0.25) is 0 Å². The topological polar surface area (TPSA) is 69.5 Å². The monoisotopic (exact) mass is 538 g/mol. The number of fused-ring (bicyclic) bond motifs is 1. The minimum absolute atomic E-state index is 0.103. The predicted octanol–water partition coefficient (Wildman–Crippen LogP) is 6.51. The molecule has 2 unspecified atom stereocenters. The zero-order valence-electron chi connectivity index (χ0n) is 24.8. The molecule has 39 heavy (non-hydrogen) atoms. The van der Waals surface area contributed by atoms with Gasteiger partial charge in [-0.3, -0.25) is 9.69 Å². The molecule has 0 saturated carbocycles. The van der Waals surface area contributed by atoms with Gasteiger partial charge in [0, 0.05) is 36.5 Å². The maximum Gasteiger partial charge on any atom is 0.338 e. The Kier molecular flexibility index (Phi) is 9.22. The first-order chi connectivity index (χ1) is 18.4. The van der Waals surface area contributed by atoms with Crippen molar-refractivity contribution in [2.45, 2.75) is 98.3 Å². The number of hydrogen-bond acceptors (Lipinski definition) is 6. The third-order valence-corrected chi connectivity index (χ3v) is 7.75. The molecule has 1 aliphatic carbocycles. The molecule has 2 atom stereocenters. The molecule has 7 nitrogen and oxygen atoms in total. The first-order valence-electron chi connectivity index (χ1n) is 14.5. The highest BCUT2D eigenvalue weighted by molar-refractivity contribution is 5.93. The molecular weight excluding hydrogens is 492 g/mol. The molecule has 3 heterocycles. The van der Waals surface area contributed by atoms with Gasteiger partial charge in [0.05, 0.1) is 30.8 Å². The van der Waals surface area contributed by atoms with Crippen molar-refractivity contribution in [2.24, 2.45) is 5.92 Å². The molecule has 0 amide bonds. The number of allylic oxidation sites excluding steroid dienone is 2. The zero-order valence-corrected chi connectivity index (χ0v) is 24.8. The number of carbonyl (C=O) groups is 2. The van der Waals surface area contributed by atoms with E-state index in [0.717, 1.165) is 61.1 Å². The van der Waals surface area contributed by atoms with E-state index in [2.05, 4.69) is 34.6 Å². The summed E-state index contributed by atoms with van der Waals surface area (Å²) in [5, 5.41) is 0. The molecule has 1 aliphatic heterocycles. The number of ether oxygens (including phenoxy) is 3. The lowest BCUT2D eigenvalue weighted by Gasteiger charge is -2.34.